The van der Waals surface area contributed by atoms with Gasteiger partial charge in [0.05, 0.1) is 4.90 Å². The molecule has 0 unspecified atom stereocenters. The van der Waals surface area contributed by atoms with E-state index < -0.39 is 10.0 Å². The van der Waals surface area contributed by atoms with Crippen molar-refractivity contribution in [1.29, 1.82) is 0 Å². The number of aryl methyl sites for hydroxylation is 1. The number of benzene rings is 1. The zero-order valence-electron chi connectivity index (χ0n) is 11.1. The normalized spacial score (nSPS) is 17.0. The Balaban J connectivity index is 2.38. The highest BCUT2D eigenvalue weighted by Crippen LogP contribution is 2.34. The van der Waals surface area contributed by atoms with E-state index in [1.807, 2.05) is 13.8 Å². The Morgan fingerprint density at radius 2 is 2.05 bits per heavy atom. The van der Waals surface area contributed by atoms with Gasteiger partial charge in [-0.05, 0) is 43.9 Å². The first-order chi connectivity index (χ1) is 8.75. The largest absolute Gasteiger partial charge is 0.347 e. The van der Waals surface area contributed by atoms with E-state index in [2.05, 4.69) is 5.32 Å². The Hall–Kier alpha value is -1.40. The van der Waals surface area contributed by atoms with E-state index in [0.29, 0.717) is 12.0 Å². The first-order valence-corrected chi connectivity index (χ1v) is 7.78. The number of carbonyl (C=O) groups excluding carboxylic acids is 1. The number of rotatable bonds is 4. The molecule has 0 aromatic heterocycles. The highest BCUT2D eigenvalue weighted by molar-refractivity contribution is 7.89. The summed E-state index contributed by atoms with van der Waals surface area (Å²) in [6.07, 6.45) is 2.56. The van der Waals surface area contributed by atoms with Gasteiger partial charge in [-0.2, -0.15) is 0 Å². The van der Waals surface area contributed by atoms with E-state index in [-0.39, 0.29) is 16.3 Å². The van der Waals surface area contributed by atoms with Crippen LogP contribution in [0.1, 0.15) is 42.6 Å². The van der Waals surface area contributed by atoms with Crippen molar-refractivity contribution in [3.63, 3.8) is 0 Å². The second kappa shape index (κ2) is 4.61. The summed E-state index contributed by atoms with van der Waals surface area (Å²) < 4.78 is 22.7. The van der Waals surface area contributed by atoms with Crippen LogP contribution in [-0.2, 0) is 16.4 Å². The van der Waals surface area contributed by atoms with E-state index >= 15 is 0 Å². The molecule has 104 valence electrons. The second-order valence-corrected chi connectivity index (χ2v) is 6.79. The molecule has 1 saturated carbocycles. The lowest BCUT2D eigenvalue weighted by Gasteiger charge is -2.14. The van der Waals surface area contributed by atoms with Crippen LogP contribution < -0.4 is 10.5 Å². The first-order valence-electron chi connectivity index (χ1n) is 6.23. The van der Waals surface area contributed by atoms with Crippen LogP contribution in [0, 0.1) is 0 Å². The van der Waals surface area contributed by atoms with Crippen molar-refractivity contribution >= 4 is 15.9 Å². The number of hydrogen-bond donors (Lipinski definition) is 2. The molecule has 2 rings (SSSR count). The lowest BCUT2D eigenvalue weighted by Crippen LogP contribution is -2.34. The Kier molecular flexibility index (Phi) is 3.40. The summed E-state index contributed by atoms with van der Waals surface area (Å²) in [6.45, 7) is 3.89. The van der Waals surface area contributed by atoms with Crippen LogP contribution in [-0.4, -0.2) is 19.9 Å². The van der Waals surface area contributed by atoms with Gasteiger partial charge in [0.15, 0.2) is 0 Å². The number of nitrogens with two attached hydrogens (primary N) is 1. The highest BCUT2D eigenvalue weighted by Gasteiger charge is 2.39. The molecule has 0 bridgehead atoms. The molecule has 1 fully saturated rings. The fourth-order valence-electron chi connectivity index (χ4n) is 1.91. The van der Waals surface area contributed by atoms with E-state index in [9.17, 15) is 13.2 Å². The SMILES string of the molecule is CCc1ccc(S(N)(=O)=O)cc1C(=O)NC1(C)CC1. The summed E-state index contributed by atoms with van der Waals surface area (Å²) in [7, 11) is -3.79. The lowest BCUT2D eigenvalue weighted by atomic mass is 10.0. The number of hydrogen-bond acceptors (Lipinski definition) is 3. The minimum absolute atomic E-state index is 0.0317. The molecule has 1 aliphatic rings. The molecule has 19 heavy (non-hydrogen) atoms. The molecule has 0 saturated heterocycles. The standard InChI is InChI=1S/C13H18N2O3S/c1-3-9-4-5-10(19(14,17)18)8-11(9)12(16)15-13(2)6-7-13/h4-5,8H,3,6-7H2,1-2H3,(H,15,16)(H2,14,17,18). The van der Waals surface area contributed by atoms with Gasteiger partial charge >= 0.3 is 0 Å². The first kappa shape index (κ1) is 14.0. The predicted molar refractivity (Wildman–Crippen MR) is 72.3 cm³/mol. The zero-order valence-corrected chi connectivity index (χ0v) is 11.9. The maximum absolute atomic E-state index is 12.2. The van der Waals surface area contributed by atoms with Crippen LogP contribution in [0.25, 0.3) is 0 Å². The van der Waals surface area contributed by atoms with E-state index in [1.165, 1.54) is 12.1 Å². The van der Waals surface area contributed by atoms with Crippen molar-refractivity contribution in [2.45, 2.75) is 43.5 Å². The lowest BCUT2D eigenvalue weighted by molar-refractivity contribution is 0.0934. The average molecular weight is 282 g/mol. The predicted octanol–water partition coefficient (Wildman–Crippen LogP) is 1.18. The Labute approximate surface area is 113 Å². The Bertz CT molecular complexity index is 619. The summed E-state index contributed by atoms with van der Waals surface area (Å²) in [5.74, 6) is -0.234. The maximum Gasteiger partial charge on any atom is 0.252 e. The molecule has 1 aromatic rings. The molecular formula is C13H18N2O3S. The summed E-state index contributed by atoms with van der Waals surface area (Å²) in [5, 5.41) is 8.02. The monoisotopic (exact) mass is 282 g/mol. The van der Waals surface area contributed by atoms with Crippen LogP contribution in [0.15, 0.2) is 23.1 Å². The van der Waals surface area contributed by atoms with Crippen LogP contribution >= 0.6 is 0 Å². The van der Waals surface area contributed by atoms with Gasteiger partial charge in [0.2, 0.25) is 10.0 Å². The molecular weight excluding hydrogens is 264 g/mol. The fraction of sp³-hybridized carbons (Fsp3) is 0.462. The van der Waals surface area contributed by atoms with Crippen molar-refractivity contribution in [2.75, 3.05) is 0 Å². The molecule has 1 amide bonds. The summed E-state index contributed by atoms with van der Waals surface area (Å²) in [6, 6.07) is 4.43. The topological polar surface area (TPSA) is 89.3 Å². The third-order valence-electron chi connectivity index (χ3n) is 3.45. The molecule has 0 spiro atoms. The molecule has 0 radical (unpaired) electrons. The van der Waals surface area contributed by atoms with Gasteiger partial charge in [-0.25, -0.2) is 13.6 Å². The number of primary sulfonamides is 1. The van der Waals surface area contributed by atoms with Crippen LogP contribution in [0.4, 0.5) is 0 Å². The third-order valence-corrected chi connectivity index (χ3v) is 4.36. The smallest absolute Gasteiger partial charge is 0.252 e. The molecule has 1 aliphatic carbocycles. The number of sulfonamides is 1. The average Bonchev–Trinajstić information content (AvgIpc) is 3.04. The Morgan fingerprint density at radius 3 is 2.53 bits per heavy atom. The zero-order chi connectivity index (χ0) is 14.3. The summed E-state index contributed by atoms with van der Waals surface area (Å²) >= 11 is 0. The molecule has 5 nitrogen and oxygen atoms in total. The van der Waals surface area contributed by atoms with Gasteiger partial charge in [-0.15, -0.1) is 0 Å². The van der Waals surface area contributed by atoms with Crippen LogP contribution in [0.2, 0.25) is 0 Å². The van der Waals surface area contributed by atoms with Gasteiger partial charge in [0.1, 0.15) is 0 Å². The quantitative estimate of drug-likeness (QED) is 0.869. The van der Waals surface area contributed by atoms with Gasteiger partial charge in [0, 0.05) is 11.1 Å². The summed E-state index contributed by atoms with van der Waals surface area (Å²) in [5.41, 5.74) is 1.07. The van der Waals surface area contributed by atoms with Crippen molar-refractivity contribution in [2.24, 2.45) is 5.14 Å². The van der Waals surface area contributed by atoms with Crippen LogP contribution in [0.3, 0.4) is 0 Å². The maximum atomic E-state index is 12.2. The minimum Gasteiger partial charge on any atom is -0.347 e. The van der Waals surface area contributed by atoms with Crippen molar-refractivity contribution in [3.8, 4) is 0 Å². The van der Waals surface area contributed by atoms with Crippen molar-refractivity contribution in [3.05, 3.63) is 29.3 Å². The van der Waals surface area contributed by atoms with Gasteiger partial charge in [0.25, 0.3) is 5.91 Å². The minimum atomic E-state index is -3.79. The van der Waals surface area contributed by atoms with E-state index in [4.69, 9.17) is 5.14 Å². The molecule has 1 aromatic carbocycles. The molecule has 0 aliphatic heterocycles. The third kappa shape index (κ3) is 3.13. The van der Waals surface area contributed by atoms with Gasteiger partial charge < -0.3 is 5.32 Å². The van der Waals surface area contributed by atoms with E-state index in [0.717, 1.165) is 18.4 Å². The molecule has 0 heterocycles. The van der Waals surface area contributed by atoms with Gasteiger partial charge in [-0.3, -0.25) is 4.79 Å². The molecule has 0 atom stereocenters. The number of amides is 1. The van der Waals surface area contributed by atoms with Gasteiger partial charge in [-0.1, -0.05) is 13.0 Å². The Morgan fingerprint density at radius 1 is 1.42 bits per heavy atom. The number of nitrogens with one attached hydrogen (secondary N) is 1. The van der Waals surface area contributed by atoms with Crippen molar-refractivity contribution in [1.82, 2.24) is 5.32 Å². The fourth-order valence-corrected chi connectivity index (χ4v) is 2.45. The summed E-state index contributed by atoms with van der Waals surface area (Å²) in [4.78, 5) is 12.2. The second-order valence-electron chi connectivity index (χ2n) is 5.23. The highest BCUT2D eigenvalue weighted by atomic mass is 32.2. The molecule has 6 heteroatoms. The van der Waals surface area contributed by atoms with E-state index in [1.54, 1.807) is 6.07 Å². The number of carbonyl (C=O) groups is 1. The molecule has 3 N–H and O–H groups in total. The van der Waals surface area contributed by atoms with Crippen molar-refractivity contribution < 1.29 is 13.2 Å². The van der Waals surface area contributed by atoms with Crippen LogP contribution in [0.5, 0.6) is 0 Å².